The molecule has 0 aliphatic carbocycles. The molecule has 0 aromatic heterocycles. The molecular formula is C15H12Cl2O4. The van der Waals surface area contributed by atoms with Crippen LogP contribution in [0.25, 0.3) is 0 Å². The summed E-state index contributed by atoms with van der Waals surface area (Å²) in [5.41, 5.74) is 0.869. The third-order valence-electron chi connectivity index (χ3n) is 2.78. The summed E-state index contributed by atoms with van der Waals surface area (Å²) in [6, 6.07) is 9.70. The van der Waals surface area contributed by atoms with Gasteiger partial charge < -0.3 is 14.6 Å². The van der Waals surface area contributed by atoms with Gasteiger partial charge in [-0.05, 0) is 35.9 Å². The van der Waals surface area contributed by atoms with Crippen molar-refractivity contribution in [3.8, 4) is 11.5 Å². The summed E-state index contributed by atoms with van der Waals surface area (Å²) in [6.45, 7) is 0.234. The van der Waals surface area contributed by atoms with Crippen molar-refractivity contribution >= 4 is 29.2 Å². The van der Waals surface area contributed by atoms with Crippen molar-refractivity contribution in [1.29, 1.82) is 0 Å². The molecule has 0 fully saturated rings. The first kappa shape index (κ1) is 15.5. The van der Waals surface area contributed by atoms with Crippen LogP contribution >= 0.6 is 23.2 Å². The fourth-order valence-electron chi connectivity index (χ4n) is 1.76. The van der Waals surface area contributed by atoms with Crippen LogP contribution < -0.4 is 9.47 Å². The molecule has 0 saturated carbocycles. The van der Waals surface area contributed by atoms with Crippen LogP contribution in [0.3, 0.4) is 0 Å². The van der Waals surface area contributed by atoms with E-state index in [1.54, 1.807) is 30.3 Å². The molecule has 0 saturated heterocycles. The van der Waals surface area contributed by atoms with Crippen LogP contribution in [0.2, 0.25) is 10.0 Å². The molecule has 0 aliphatic rings. The summed E-state index contributed by atoms with van der Waals surface area (Å²) < 4.78 is 10.6. The second-order valence-electron chi connectivity index (χ2n) is 4.20. The molecule has 110 valence electrons. The van der Waals surface area contributed by atoms with E-state index in [1.807, 2.05) is 0 Å². The fraction of sp³-hybridized carbons (Fsp3) is 0.133. The third kappa shape index (κ3) is 3.80. The molecule has 2 rings (SSSR count). The summed E-state index contributed by atoms with van der Waals surface area (Å²) in [5.74, 6) is -0.256. The maximum Gasteiger partial charge on any atom is 0.339 e. The number of carbonyl (C=O) groups is 1. The van der Waals surface area contributed by atoms with Gasteiger partial charge in [0.15, 0.2) is 0 Å². The highest BCUT2D eigenvalue weighted by atomic mass is 35.5. The van der Waals surface area contributed by atoms with E-state index in [1.165, 1.54) is 13.2 Å². The highest BCUT2D eigenvalue weighted by Gasteiger charge is 2.11. The number of rotatable bonds is 5. The Labute approximate surface area is 131 Å². The van der Waals surface area contributed by atoms with Gasteiger partial charge in [0.2, 0.25) is 0 Å². The molecule has 21 heavy (non-hydrogen) atoms. The Hall–Kier alpha value is -1.91. The van der Waals surface area contributed by atoms with Gasteiger partial charge in [-0.3, -0.25) is 0 Å². The molecule has 1 N–H and O–H groups in total. The minimum absolute atomic E-state index is 0.103. The van der Waals surface area contributed by atoms with Crippen molar-refractivity contribution in [3.63, 3.8) is 0 Å². The van der Waals surface area contributed by atoms with Gasteiger partial charge >= 0.3 is 5.97 Å². The first-order valence-electron chi connectivity index (χ1n) is 5.99. The van der Waals surface area contributed by atoms with E-state index in [-0.39, 0.29) is 17.9 Å². The molecule has 0 heterocycles. The van der Waals surface area contributed by atoms with Crippen LogP contribution in [0.15, 0.2) is 36.4 Å². The van der Waals surface area contributed by atoms with E-state index < -0.39 is 5.97 Å². The average molecular weight is 327 g/mol. The number of ether oxygens (including phenoxy) is 2. The number of carboxylic acid groups (broad SMARTS) is 1. The predicted molar refractivity (Wildman–Crippen MR) is 80.7 cm³/mol. The zero-order valence-corrected chi connectivity index (χ0v) is 12.6. The van der Waals surface area contributed by atoms with Gasteiger partial charge in [0.05, 0.1) is 12.1 Å². The van der Waals surface area contributed by atoms with Gasteiger partial charge in [-0.2, -0.15) is 0 Å². The first-order chi connectivity index (χ1) is 10.0. The lowest BCUT2D eigenvalue weighted by Crippen LogP contribution is -2.03. The highest BCUT2D eigenvalue weighted by Crippen LogP contribution is 2.28. The predicted octanol–water partition coefficient (Wildman–Crippen LogP) is 4.28. The summed E-state index contributed by atoms with van der Waals surface area (Å²) in [7, 11) is 1.42. The van der Waals surface area contributed by atoms with Crippen molar-refractivity contribution < 1.29 is 19.4 Å². The molecule has 2 aromatic rings. The number of halogens is 2. The number of benzene rings is 2. The second-order valence-corrected chi connectivity index (χ2v) is 5.05. The van der Waals surface area contributed by atoms with Gasteiger partial charge in [0, 0.05) is 5.02 Å². The van der Waals surface area contributed by atoms with Crippen molar-refractivity contribution in [3.05, 3.63) is 57.6 Å². The van der Waals surface area contributed by atoms with E-state index >= 15 is 0 Å². The highest BCUT2D eigenvalue weighted by molar-refractivity contribution is 6.35. The van der Waals surface area contributed by atoms with E-state index in [2.05, 4.69) is 0 Å². The maximum atomic E-state index is 11.0. The van der Waals surface area contributed by atoms with E-state index in [0.29, 0.717) is 15.8 Å². The second kappa shape index (κ2) is 6.70. The largest absolute Gasteiger partial charge is 0.496 e. The SMILES string of the molecule is COc1cc(COc2ccc(Cl)cc2Cl)ccc1C(=O)O. The van der Waals surface area contributed by atoms with E-state index in [0.717, 1.165) is 5.56 Å². The van der Waals surface area contributed by atoms with Gasteiger partial charge in [-0.15, -0.1) is 0 Å². The quantitative estimate of drug-likeness (QED) is 0.890. The molecule has 6 heteroatoms. The molecular weight excluding hydrogens is 315 g/mol. The third-order valence-corrected chi connectivity index (χ3v) is 3.32. The lowest BCUT2D eigenvalue weighted by atomic mass is 10.1. The maximum absolute atomic E-state index is 11.0. The molecule has 0 spiro atoms. The van der Waals surface area contributed by atoms with Gasteiger partial charge in [0.25, 0.3) is 0 Å². The van der Waals surface area contributed by atoms with Gasteiger partial charge in [0.1, 0.15) is 23.7 Å². The molecule has 0 atom stereocenters. The molecule has 2 aromatic carbocycles. The Morgan fingerprint density at radius 1 is 1.14 bits per heavy atom. The monoisotopic (exact) mass is 326 g/mol. The number of aromatic carboxylic acids is 1. The Morgan fingerprint density at radius 3 is 2.52 bits per heavy atom. The molecule has 0 amide bonds. The van der Waals surface area contributed by atoms with Gasteiger partial charge in [-0.25, -0.2) is 4.79 Å². The number of hydrogen-bond donors (Lipinski definition) is 1. The topological polar surface area (TPSA) is 55.8 Å². The number of methoxy groups -OCH3 is 1. The summed E-state index contributed by atoms with van der Waals surface area (Å²) >= 11 is 11.8. The Kier molecular flexibility index (Phi) is 4.94. The minimum atomic E-state index is -1.04. The lowest BCUT2D eigenvalue weighted by Gasteiger charge is -2.10. The molecule has 0 radical (unpaired) electrons. The van der Waals surface area contributed by atoms with Crippen LogP contribution in [0.5, 0.6) is 11.5 Å². The Balaban J connectivity index is 2.15. The smallest absolute Gasteiger partial charge is 0.339 e. The lowest BCUT2D eigenvalue weighted by molar-refractivity contribution is 0.0693. The number of carboxylic acids is 1. The molecule has 0 unspecified atom stereocenters. The zero-order chi connectivity index (χ0) is 15.4. The average Bonchev–Trinajstić information content (AvgIpc) is 2.45. The minimum Gasteiger partial charge on any atom is -0.496 e. The Bertz CT molecular complexity index is 671. The van der Waals surface area contributed by atoms with Crippen LogP contribution in [0.4, 0.5) is 0 Å². The standard InChI is InChI=1S/C15H12Cl2O4/c1-20-14-6-9(2-4-11(14)15(18)19)8-21-13-5-3-10(16)7-12(13)17/h2-7H,8H2,1H3,(H,18,19). The fourth-order valence-corrected chi connectivity index (χ4v) is 2.22. The zero-order valence-electron chi connectivity index (χ0n) is 11.1. The van der Waals surface area contributed by atoms with Gasteiger partial charge in [-0.1, -0.05) is 29.3 Å². The molecule has 4 nitrogen and oxygen atoms in total. The molecule has 0 bridgehead atoms. The van der Waals surface area contributed by atoms with Crippen LogP contribution in [0.1, 0.15) is 15.9 Å². The van der Waals surface area contributed by atoms with Crippen molar-refractivity contribution in [2.24, 2.45) is 0 Å². The number of hydrogen-bond acceptors (Lipinski definition) is 3. The first-order valence-corrected chi connectivity index (χ1v) is 6.75. The van der Waals surface area contributed by atoms with Crippen molar-refractivity contribution in [2.75, 3.05) is 7.11 Å². The van der Waals surface area contributed by atoms with E-state index in [9.17, 15) is 4.79 Å². The van der Waals surface area contributed by atoms with Crippen LogP contribution in [-0.2, 0) is 6.61 Å². The summed E-state index contributed by atoms with van der Waals surface area (Å²) in [4.78, 5) is 11.0. The van der Waals surface area contributed by atoms with Crippen molar-refractivity contribution in [2.45, 2.75) is 6.61 Å². The van der Waals surface area contributed by atoms with E-state index in [4.69, 9.17) is 37.8 Å². The normalized spacial score (nSPS) is 10.2. The molecule has 0 aliphatic heterocycles. The van der Waals surface area contributed by atoms with Crippen LogP contribution in [-0.4, -0.2) is 18.2 Å². The Morgan fingerprint density at radius 2 is 1.90 bits per heavy atom. The summed E-state index contributed by atoms with van der Waals surface area (Å²) in [6.07, 6.45) is 0. The van der Waals surface area contributed by atoms with Crippen molar-refractivity contribution in [1.82, 2.24) is 0 Å². The summed E-state index contributed by atoms with van der Waals surface area (Å²) in [5, 5.41) is 9.96. The van der Waals surface area contributed by atoms with Crippen LogP contribution in [0, 0.1) is 0 Å².